The molecule has 2 aliphatic carbocycles. The van der Waals surface area contributed by atoms with Crippen molar-refractivity contribution in [2.75, 3.05) is 13.6 Å². The average molecular weight is 281 g/mol. The quantitative estimate of drug-likeness (QED) is 0.825. The second-order valence-corrected chi connectivity index (χ2v) is 8.57. The van der Waals surface area contributed by atoms with E-state index in [4.69, 9.17) is 4.74 Å². The van der Waals surface area contributed by atoms with Crippen molar-refractivity contribution in [1.82, 2.24) is 5.32 Å². The minimum atomic E-state index is 0.101. The Balaban J connectivity index is 2.03. The topological polar surface area (TPSA) is 21.3 Å². The van der Waals surface area contributed by atoms with Gasteiger partial charge in [-0.05, 0) is 56.4 Å². The molecule has 0 aromatic rings. The molecule has 0 radical (unpaired) electrons. The molecule has 4 unspecified atom stereocenters. The van der Waals surface area contributed by atoms with E-state index in [-0.39, 0.29) is 5.60 Å². The van der Waals surface area contributed by atoms with Crippen molar-refractivity contribution in [2.24, 2.45) is 17.3 Å². The first-order chi connectivity index (χ1) is 9.34. The monoisotopic (exact) mass is 281 g/mol. The van der Waals surface area contributed by atoms with Crippen molar-refractivity contribution in [1.29, 1.82) is 0 Å². The normalized spacial score (nSPS) is 41.5. The van der Waals surface area contributed by atoms with Gasteiger partial charge in [-0.2, -0.15) is 0 Å². The fourth-order valence-electron chi connectivity index (χ4n) is 4.95. The molecular weight excluding hydrogens is 246 g/mol. The standard InChI is InChI=1S/C18H35NO/c1-14-7-6-8-18(11-14,13-19-5)20-16-9-15(2)10-17(3,4)12-16/h14-16,19H,6-13H2,1-5H3. The van der Waals surface area contributed by atoms with Crippen LogP contribution in [0.15, 0.2) is 0 Å². The summed E-state index contributed by atoms with van der Waals surface area (Å²) >= 11 is 0. The van der Waals surface area contributed by atoms with E-state index in [1.807, 2.05) is 0 Å². The molecule has 2 rings (SSSR count). The van der Waals surface area contributed by atoms with E-state index in [0.29, 0.717) is 11.5 Å². The lowest BCUT2D eigenvalue weighted by Crippen LogP contribution is -2.49. The summed E-state index contributed by atoms with van der Waals surface area (Å²) in [6.45, 7) is 10.6. The average Bonchev–Trinajstić information content (AvgIpc) is 2.25. The third-order valence-electron chi connectivity index (χ3n) is 5.31. The fraction of sp³-hybridized carbons (Fsp3) is 1.00. The number of likely N-dealkylation sites (N-methyl/N-ethyl adjacent to an activating group) is 1. The highest BCUT2D eigenvalue weighted by Crippen LogP contribution is 2.43. The minimum absolute atomic E-state index is 0.101. The second kappa shape index (κ2) is 6.36. The lowest BCUT2D eigenvalue weighted by atomic mass is 9.71. The molecule has 4 atom stereocenters. The van der Waals surface area contributed by atoms with Crippen LogP contribution < -0.4 is 5.32 Å². The van der Waals surface area contributed by atoms with Crippen LogP contribution in [0, 0.1) is 17.3 Å². The van der Waals surface area contributed by atoms with Crippen LogP contribution in [0.5, 0.6) is 0 Å². The molecule has 2 fully saturated rings. The van der Waals surface area contributed by atoms with Crippen molar-refractivity contribution in [3.63, 3.8) is 0 Å². The number of hydrogen-bond donors (Lipinski definition) is 1. The van der Waals surface area contributed by atoms with Gasteiger partial charge in [0.1, 0.15) is 0 Å². The molecule has 0 bridgehead atoms. The van der Waals surface area contributed by atoms with Crippen LogP contribution >= 0.6 is 0 Å². The summed E-state index contributed by atoms with van der Waals surface area (Å²) in [4.78, 5) is 0. The summed E-state index contributed by atoms with van der Waals surface area (Å²) in [6.07, 6.45) is 9.48. The van der Waals surface area contributed by atoms with Crippen molar-refractivity contribution in [3.8, 4) is 0 Å². The van der Waals surface area contributed by atoms with E-state index in [1.165, 1.54) is 44.9 Å². The molecule has 0 heterocycles. The summed E-state index contributed by atoms with van der Waals surface area (Å²) in [5, 5.41) is 3.40. The third kappa shape index (κ3) is 4.21. The van der Waals surface area contributed by atoms with E-state index in [2.05, 4.69) is 40.1 Å². The summed E-state index contributed by atoms with van der Waals surface area (Å²) in [7, 11) is 2.07. The van der Waals surface area contributed by atoms with Crippen LogP contribution in [-0.4, -0.2) is 25.3 Å². The molecule has 118 valence electrons. The van der Waals surface area contributed by atoms with Crippen LogP contribution in [-0.2, 0) is 4.74 Å². The van der Waals surface area contributed by atoms with Crippen LogP contribution in [0.4, 0.5) is 0 Å². The Labute approximate surface area is 126 Å². The molecule has 0 saturated heterocycles. The lowest BCUT2D eigenvalue weighted by molar-refractivity contribution is -0.146. The Morgan fingerprint density at radius 1 is 1.10 bits per heavy atom. The van der Waals surface area contributed by atoms with E-state index >= 15 is 0 Å². The van der Waals surface area contributed by atoms with Gasteiger partial charge in [-0.3, -0.25) is 0 Å². The SMILES string of the molecule is CNCC1(OC2CC(C)CC(C)(C)C2)CCCC(C)C1. The fourth-order valence-corrected chi connectivity index (χ4v) is 4.95. The van der Waals surface area contributed by atoms with Gasteiger partial charge in [0, 0.05) is 6.54 Å². The summed E-state index contributed by atoms with van der Waals surface area (Å²) < 4.78 is 6.77. The predicted molar refractivity (Wildman–Crippen MR) is 86.0 cm³/mol. The molecule has 2 nitrogen and oxygen atoms in total. The molecule has 2 heteroatoms. The molecule has 0 aromatic heterocycles. The zero-order valence-electron chi connectivity index (χ0n) is 14.3. The molecule has 2 saturated carbocycles. The molecule has 2 aliphatic rings. The highest BCUT2D eigenvalue weighted by atomic mass is 16.5. The first-order valence-electron chi connectivity index (χ1n) is 8.67. The maximum atomic E-state index is 6.77. The Bertz CT molecular complexity index is 311. The van der Waals surface area contributed by atoms with Gasteiger partial charge < -0.3 is 10.1 Å². The van der Waals surface area contributed by atoms with Gasteiger partial charge in [-0.1, -0.05) is 40.5 Å². The van der Waals surface area contributed by atoms with Crippen molar-refractivity contribution < 1.29 is 4.74 Å². The Hall–Kier alpha value is -0.0800. The number of nitrogens with one attached hydrogen (secondary N) is 1. The molecular formula is C18H35NO. The second-order valence-electron chi connectivity index (χ2n) is 8.57. The third-order valence-corrected chi connectivity index (χ3v) is 5.31. The lowest BCUT2D eigenvalue weighted by Gasteiger charge is -2.46. The van der Waals surface area contributed by atoms with Gasteiger partial charge in [-0.25, -0.2) is 0 Å². The van der Waals surface area contributed by atoms with Crippen molar-refractivity contribution in [2.45, 2.75) is 84.3 Å². The van der Waals surface area contributed by atoms with Crippen molar-refractivity contribution in [3.05, 3.63) is 0 Å². The van der Waals surface area contributed by atoms with Gasteiger partial charge in [0.2, 0.25) is 0 Å². The maximum Gasteiger partial charge on any atom is 0.0812 e. The largest absolute Gasteiger partial charge is 0.370 e. The first-order valence-corrected chi connectivity index (χ1v) is 8.67. The zero-order valence-corrected chi connectivity index (χ0v) is 14.3. The maximum absolute atomic E-state index is 6.77. The van der Waals surface area contributed by atoms with Gasteiger partial charge in [-0.15, -0.1) is 0 Å². The minimum Gasteiger partial charge on any atom is -0.370 e. The Morgan fingerprint density at radius 3 is 2.45 bits per heavy atom. The van der Waals surface area contributed by atoms with Crippen LogP contribution in [0.1, 0.15) is 72.6 Å². The number of hydrogen-bond acceptors (Lipinski definition) is 2. The van der Waals surface area contributed by atoms with Crippen LogP contribution in [0.3, 0.4) is 0 Å². The van der Waals surface area contributed by atoms with Crippen molar-refractivity contribution >= 4 is 0 Å². The van der Waals surface area contributed by atoms with E-state index in [9.17, 15) is 0 Å². The zero-order chi connectivity index (χ0) is 14.8. The van der Waals surface area contributed by atoms with E-state index in [0.717, 1.165) is 18.4 Å². The van der Waals surface area contributed by atoms with E-state index in [1.54, 1.807) is 0 Å². The van der Waals surface area contributed by atoms with Crippen LogP contribution in [0.25, 0.3) is 0 Å². The molecule has 0 amide bonds. The van der Waals surface area contributed by atoms with Gasteiger partial charge in [0.25, 0.3) is 0 Å². The molecule has 20 heavy (non-hydrogen) atoms. The van der Waals surface area contributed by atoms with Crippen LogP contribution in [0.2, 0.25) is 0 Å². The number of ether oxygens (including phenoxy) is 1. The number of rotatable bonds is 4. The van der Waals surface area contributed by atoms with Gasteiger partial charge >= 0.3 is 0 Å². The Kier molecular flexibility index (Phi) is 5.18. The molecule has 0 spiro atoms. The summed E-state index contributed by atoms with van der Waals surface area (Å²) in [5.41, 5.74) is 0.549. The molecule has 0 aromatic carbocycles. The first kappa shape index (κ1) is 16.3. The van der Waals surface area contributed by atoms with Gasteiger partial charge in [0.05, 0.1) is 11.7 Å². The smallest absolute Gasteiger partial charge is 0.0812 e. The molecule has 0 aliphatic heterocycles. The summed E-state index contributed by atoms with van der Waals surface area (Å²) in [6, 6.07) is 0. The summed E-state index contributed by atoms with van der Waals surface area (Å²) in [5.74, 6) is 1.61. The molecule has 1 N–H and O–H groups in total. The van der Waals surface area contributed by atoms with Gasteiger partial charge in [0.15, 0.2) is 0 Å². The van der Waals surface area contributed by atoms with E-state index < -0.39 is 0 Å². The Morgan fingerprint density at radius 2 is 1.85 bits per heavy atom. The predicted octanol–water partition coefficient (Wildman–Crippen LogP) is 4.39. The highest BCUT2D eigenvalue weighted by Gasteiger charge is 2.41. The highest BCUT2D eigenvalue weighted by molar-refractivity contribution is 4.92.